The van der Waals surface area contributed by atoms with Crippen LogP contribution in [0.25, 0.3) is 11.1 Å². The lowest BCUT2D eigenvalue weighted by Crippen LogP contribution is -1.97. The molecule has 3 rings (SSSR count). The molecule has 0 spiro atoms. The predicted octanol–water partition coefficient (Wildman–Crippen LogP) is 5.68. The molecule has 26 heavy (non-hydrogen) atoms. The van der Waals surface area contributed by atoms with Gasteiger partial charge in [0.15, 0.2) is 0 Å². The molecule has 0 radical (unpaired) electrons. The number of aldehydes is 1. The summed E-state index contributed by atoms with van der Waals surface area (Å²) < 4.78 is 5.93. The summed E-state index contributed by atoms with van der Waals surface area (Å²) in [5.41, 5.74) is 7.40. The quantitative estimate of drug-likeness (QED) is 0.515. The number of rotatable bonds is 7. The fourth-order valence-corrected chi connectivity index (χ4v) is 3.23. The second-order valence-corrected chi connectivity index (χ2v) is 6.61. The highest BCUT2D eigenvalue weighted by Crippen LogP contribution is 2.28. The summed E-state index contributed by atoms with van der Waals surface area (Å²) in [6, 6.07) is 22.9. The van der Waals surface area contributed by atoms with Gasteiger partial charge in [0, 0.05) is 6.42 Å². The predicted molar refractivity (Wildman–Crippen MR) is 107 cm³/mol. The largest absolute Gasteiger partial charge is 0.489 e. The van der Waals surface area contributed by atoms with Crippen molar-refractivity contribution < 1.29 is 9.53 Å². The SMILES string of the molecule is Cc1cccc(C)c1-c1cccc(COc2ccc(CCC=O)cc2)c1. The zero-order valence-corrected chi connectivity index (χ0v) is 15.4. The van der Waals surface area contributed by atoms with Gasteiger partial charge in [0.25, 0.3) is 0 Å². The average Bonchev–Trinajstić information content (AvgIpc) is 2.66. The summed E-state index contributed by atoms with van der Waals surface area (Å²) in [7, 11) is 0. The molecule has 3 aromatic rings. The maximum atomic E-state index is 10.5. The van der Waals surface area contributed by atoms with Gasteiger partial charge in [-0.2, -0.15) is 0 Å². The molecule has 0 saturated heterocycles. The van der Waals surface area contributed by atoms with Crippen molar-refractivity contribution in [3.63, 3.8) is 0 Å². The van der Waals surface area contributed by atoms with Crippen LogP contribution in [-0.4, -0.2) is 6.29 Å². The summed E-state index contributed by atoms with van der Waals surface area (Å²) in [5.74, 6) is 0.845. The van der Waals surface area contributed by atoms with E-state index in [4.69, 9.17) is 4.74 Å². The van der Waals surface area contributed by atoms with Gasteiger partial charge in [0.1, 0.15) is 18.6 Å². The van der Waals surface area contributed by atoms with Crippen LogP contribution in [-0.2, 0) is 17.8 Å². The fourth-order valence-electron chi connectivity index (χ4n) is 3.23. The van der Waals surface area contributed by atoms with Crippen LogP contribution in [0.15, 0.2) is 66.7 Å². The van der Waals surface area contributed by atoms with Crippen molar-refractivity contribution in [1.29, 1.82) is 0 Å². The van der Waals surface area contributed by atoms with Gasteiger partial charge in [-0.25, -0.2) is 0 Å². The van der Waals surface area contributed by atoms with Crippen LogP contribution in [0.3, 0.4) is 0 Å². The third kappa shape index (κ3) is 4.40. The Kier molecular flexibility index (Phi) is 5.85. The number of benzene rings is 3. The first kappa shape index (κ1) is 17.9. The highest BCUT2D eigenvalue weighted by Gasteiger charge is 2.06. The van der Waals surface area contributed by atoms with E-state index in [1.54, 1.807) is 0 Å². The van der Waals surface area contributed by atoms with Gasteiger partial charge < -0.3 is 9.53 Å². The Morgan fingerprint density at radius 1 is 0.846 bits per heavy atom. The van der Waals surface area contributed by atoms with Crippen LogP contribution in [0.5, 0.6) is 5.75 Å². The molecule has 0 heterocycles. The van der Waals surface area contributed by atoms with E-state index < -0.39 is 0 Å². The molecular formula is C24H24O2. The van der Waals surface area contributed by atoms with E-state index in [0.717, 1.165) is 29.6 Å². The molecule has 0 fully saturated rings. The van der Waals surface area contributed by atoms with Gasteiger partial charge in [-0.05, 0) is 71.8 Å². The number of hydrogen-bond donors (Lipinski definition) is 0. The first-order chi connectivity index (χ1) is 12.7. The Bertz CT molecular complexity index is 859. The van der Waals surface area contributed by atoms with Crippen LogP contribution < -0.4 is 4.74 Å². The van der Waals surface area contributed by atoms with Crippen LogP contribution in [0, 0.1) is 13.8 Å². The van der Waals surface area contributed by atoms with Crippen molar-refractivity contribution in [2.45, 2.75) is 33.3 Å². The minimum Gasteiger partial charge on any atom is -0.489 e. The van der Waals surface area contributed by atoms with E-state index in [9.17, 15) is 4.79 Å². The Labute approximate surface area is 155 Å². The Morgan fingerprint density at radius 3 is 2.23 bits per heavy atom. The smallest absolute Gasteiger partial charge is 0.120 e. The molecule has 0 N–H and O–H groups in total. The highest BCUT2D eigenvalue weighted by atomic mass is 16.5. The highest BCUT2D eigenvalue weighted by molar-refractivity contribution is 5.71. The molecule has 3 aromatic carbocycles. The minimum atomic E-state index is 0.534. The summed E-state index contributed by atoms with van der Waals surface area (Å²) in [6.45, 7) is 4.84. The third-order valence-corrected chi connectivity index (χ3v) is 4.58. The van der Waals surface area contributed by atoms with E-state index in [1.807, 2.05) is 24.3 Å². The number of hydrogen-bond acceptors (Lipinski definition) is 2. The molecular weight excluding hydrogens is 320 g/mol. The molecule has 0 aliphatic heterocycles. The van der Waals surface area contributed by atoms with Crippen LogP contribution in [0.2, 0.25) is 0 Å². The topological polar surface area (TPSA) is 26.3 Å². The monoisotopic (exact) mass is 344 g/mol. The normalized spacial score (nSPS) is 10.5. The average molecular weight is 344 g/mol. The molecule has 0 aromatic heterocycles. The fraction of sp³-hybridized carbons (Fsp3) is 0.208. The Hall–Kier alpha value is -2.87. The van der Waals surface area contributed by atoms with Gasteiger partial charge in [0.05, 0.1) is 0 Å². The van der Waals surface area contributed by atoms with Crippen molar-refractivity contribution in [3.05, 3.63) is 89.0 Å². The van der Waals surface area contributed by atoms with Crippen molar-refractivity contribution in [3.8, 4) is 16.9 Å². The second kappa shape index (κ2) is 8.48. The summed E-state index contributed by atoms with van der Waals surface area (Å²) in [5, 5.41) is 0. The first-order valence-electron chi connectivity index (χ1n) is 8.98. The molecule has 132 valence electrons. The maximum absolute atomic E-state index is 10.5. The van der Waals surface area contributed by atoms with Crippen LogP contribution >= 0.6 is 0 Å². The van der Waals surface area contributed by atoms with Gasteiger partial charge in [-0.1, -0.05) is 48.5 Å². The number of carbonyl (C=O) groups excluding carboxylic acids is 1. The lowest BCUT2D eigenvalue weighted by atomic mass is 9.95. The van der Waals surface area contributed by atoms with Crippen molar-refractivity contribution in [2.24, 2.45) is 0 Å². The van der Waals surface area contributed by atoms with Crippen LogP contribution in [0.4, 0.5) is 0 Å². The van der Waals surface area contributed by atoms with E-state index >= 15 is 0 Å². The molecule has 2 nitrogen and oxygen atoms in total. The molecule has 0 bridgehead atoms. The molecule has 0 aliphatic carbocycles. The second-order valence-electron chi connectivity index (χ2n) is 6.61. The van der Waals surface area contributed by atoms with E-state index in [1.165, 1.54) is 22.3 Å². The number of ether oxygens (including phenoxy) is 1. The van der Waals surface area contributed by atoms with E-state index in [2.05, 4.69) is 56.3 Å². The zero-order chi connectivity index (χ0) is 18.4. The number of aryl methyl sites for hydroxylation is 3. The molecule has 0 atom stereocenters. The van der Waals surface area contributed by atoms with Gasteiger partial charge in [0.2, 0.25) is 0 Å². The standard InChI is InChI=1S/C24H24O2/c1-18-6-3-7-19(2)24(18)22-10-4-8-21(16-22)17-26-23-13-11-20(12-14-23)9-5-15-25/h3-4,6-8,10-16H,5,9,17H2,1-2H3. The molecule has 0 amide bonds. The van der Waals surface area contributed by atoms with Gasteiger partial charge in [-0.15, -0.1) is 0 Å². The van der Waals surface area contributed by atoms with E-state index in [0.29, 0.717) is 13.0 Å². The Morgan fingerprint density at radius 2 is 1.54 bits per heavy atom. The maximum Gasteiger partial charge on any atom is 0.120 e. The van der Waals surface area contributed by atoms with Crippen molar-refractivity contribution >= 4 is 6.29 Å². The van der Waals surface area contributed by atoms with Crippen molar-refractivity contribution in [1.82, 2.24) is 0 Å². The summed E-state index contributed by atoms with van der Waals surface area (Å²) in [4.78, 5) is 10.5. The van der Waals surface area contributed by atoms with Gasteiger partial charge in [-0.3, -0.25) is 0 Å². The third-order valence-electron chi connectivity index (χ3n) is 4.58. The summed E-state index contributed by atoms with van der Waals surface area (Å²) >= 11 is 0. The van der Waals surface area contributed by atoms with Gasteiger partial charge >= 0.3 is 0 Å². The van der Waals surface area contributed by atoms with Crippen molar-refractivity contribution in [2.75, 3.05) is 0 Å². The number of carbonyl (C=O) groups is 1. The zero-order valence-electron chi connectivity index (χ0n) is 15.4. The molecule has 0 unspecified atom stereocenters. The lowest BCUT2D eigenvalue weighted by molar-refractivity contribution is -0.107. The Balaban J connectivity index is 1.70. The lowest BCUT2D eigenvalue weighted by Gasteiger charge is -2.12. The summed E-state index contributed by atoms with van der Waals surface area (Å²) in [6.07, 6.45) is 2.29. The first-order valence-corrected chi connectivity index (χ1v) is 8.98. The van der Waals surface area contributed by atoms with E-state index in [-0.39, 0.29) is 0 Å². The molecule has 2 heteroatoms. The minimum absolute atomic E-state index is 0.534. The van der Waals surface area contributed by atoms with Crippen LogP contribution in [0.1, 0.15) is 28.7 Å². The molecule has 0 aliphatic rings. The molecule has 0 saturated carbocycles.